The molecule has 2 amide bonds. The molecule has 7 nitrogen and oxygen atoms in total. The van der Waals surface area contributed by atoms with E-state index in [1.807, 2.05) is 18.4 Å². The highest BCUT2D eigenvalue weighted by molar-refractivity contribution is 8.01. The first-order valence-electron chi connectivity index (χ1n) is 7.97. The van der Waals surface area contributed by atoms with Crippen LogP contribution in [0.3, 0.4) is 0 Å². The molecule has 2 saturated heterocycles. The minimum absolute atomic E-state index is 0.147. The third-order valence-electron chi connectivity index (χ3n) is 4.54. The molecule has 0 bridgehead atoms. The van der Waals surface area contributed by atoms with Gasteiger partial charge in [0.05, 0.1) is 6.42 Å². The molecule has 1 aromatic heterocycles. The van der Waals surface area contributed by atoms with Crippen molar-refractivity contribution in [3.63, 3.8) is 0 Å². The maximum Gasteiger partial charge on any atom is 0.327 e. The predicted molar refractivity (Wildman–Crippen MR) is 96.3 cm³/mol. The van der Waals surface area contributed by atoms with Gasteiger partial charge < -0.3 is 21.1 Å². The molecule has 4 N–H and O–H groups in total. The van der Waals surface area contributed by atoms with Crippen molar-refractivity contribution >= 4 is 40.9 Å². The Bertz CT molecular complexity index is 731. The number of carbonyl (C=O) groups excluding carboxylic acids is 2. The predicted octanol–water partition coefficient (Wildman–Crippen LogP) is 0.942. The highest BCUT2D eigenvalue weighted by Gasteiger charge is 2.64. The normalized spacial score (nSPS) is 28.2. The summed E-state index contributed by atoms with van der Waals surface area (Å²) < 4.78 is -0.596. The van der Waals surface area contributed by atoms with Crippen LogP contribution in [0.1, 0.15) is 37.3 Å². The number of carboxylic acids is 1. The van der Waals surface area contributed by atoms with E-state index in [9.17, 15) is 19.5 Å². The van der Waals surface area contributed by atoms with Crippen molar-refractivity contribution < 1.29 is 19.5 Å². The zero-order valence-electron chi connectivity index (χ0n) is 14.2. The Morgan fingerprint density at radius 3 is 2.76 bits per heavy atom. The molecule has 1 aromatic rings. The summed E-state index contributed by atoms with van der Waals surface area (Å²) in [5.41, 5.74) is 6.76. The fraction of sp³-hybridized carbons (Fsp3) is 0.562. The summed E-state index contributed by atoms with van der Waals surface area (Å²) >= 11 is 2.92. The van der Waals surface area contributed by atoms with Crippen LogP contribution in [-0.2, 0) is 20.8 Å². The number of fused-ring (bicyclic) bond motifs is 1. The average Bonchev–Trinajstić information content (AvgIpc) is 3.05. The van der Waals surface area contributed by atoms with Crippen molar-refractivity contribution in [2.45, 2.75) is 55.4 Å². The maximum atomic E-state index is 12.4. The van der Waals surface area contributed by atoms with Gasteiger partial charge in [-0.1, -0.05) is 0 Å². The first-order chi connectivity index (χ1) is 11.6. The Labute approximate surface area is 153 Å². The second-order valence-corrected chi connectivity index (χ2v) is 9.64. The van der Waals surface area contributed by atoms with Crippen LogP contribution in [0.2, 0.25) is 0 Å². The number of hydrogen-bond acceptors (Lipinski definition) is 6. The lowest BCUT2D eigenvalue weighted by molar-refractivity contribution is -0.161. The number of nitrogens with zero attached hydrogens (tertiary/aromatic N) is 1. The van der Waals surface area contributed by atoms with Gasteiger partial charge in [0, 0.05) is 15.7 Å². The van der Waals surface area contributed by atoms with Crippen LogP contribution in [0, 0.1) is 0 Å². The molecule has 0 radical (unpaired) electrons. The zero-order chi connectivity index (χ0) is 18.5. The van der Waals surface area contributed by atoms with E-state index in [1.165, 1.54) is 28.0 Å². The summed E-state index contributed by atoms with van der Waals surface area (Å²) in [6, 6.07) is 0.181. The number of nitrogens with one attached hydrogen (secondary N) is 1. The van der Waals surface area contributed by atoms with Crippen LogP contribution in [0.15, 0.2) is 11.4 Å². The number of aliphatic carboxylic acids is 1. The Morgan fingerprint density at radius 1 is 1.48 bits per heavy atom. The number of thioether (sulfide) groups is 1. The van der Waals surface area contributed by atoms with Crippen LogP contribution >= 0.6 is 23.1 Å². The Kier molecular flexibility index (Phi) is 4.59. The van der Waals surface area contributed by atoms with Crippen molar-refractivity contribution in [2.75, 3.05) is 0 Å². The Morgan fingerprint density at radius 2 is 2.16 bits per heavy atom. The minimum Gasteiger partial charge on any atom is -0.480 e. The molecular formula is C16H21N3O4S2. The first-order valence-corrected chi connectivity index (χ1v) is 9.73. The van der Waals surface area contributed by atoms with E-state index < -0.39 is 22.8 Å². The second kappa shape index (κ2) is 6.30. The highest BCUT2D eigenvalue weighted by atomic mass is 32.2. The van der Waals surface area contributed by atoms with Crippen molar-refractivity contribution in [3.8, 4) is 0 Å². The van der Waals surface area contributed by atoms with Gasteiger partial charge in [0.2, 0.25) is 11.8 Å². The summed E-state index contributed by atoms with van der Waals surface area (Å²) in [7, 11) is 0. The standard InChI is InChI=1S/C16H21N3O4S2/c1-7(17)11-8(4-5-24-11)6-9(20)18-10-13(21)19-12(15(22)23)16(2,3)25-14(10)19/h4-5,7,10,12,14H,6,17H2,1-3H3,(H,18,20)(H,22,23)/t7?,10?,12-,14+/m0/s1. The summed E-state index contributed by atoms with van der Waals surface area (Å²) in [6.45, 7) is 5.48. The lowest BCUT2D eigenvalue weighted by Crippen LogP contribution is -2.70. The monoisotopic (exact) mass is 383 g/mol. The zero-order valence-corrected chi connectivity index (χ0v) is 15.8. The smallest absolute Gasteiger partial charge is 0.327 e. The molecule has 2 aliphatic heterocycles. The summed E-state index contributed by atoms with van der Waals surface area (Å²) in [5, 5.41) is 13.7. The number of thiophene rings is 1. The van der Waals surface area contributed by atoms with E-state index in [1.54, 1.807) is 13.8 Å². The fourth-order valence-electron chi connectivity index (χ4n) is 3.44. The lowest BCUT2D eigenvalue weighted by Gasteiger charge is -2.43. The number of β-lactam (4-membered cyclic amide) rings is 1. The van der Waals surface area contributed by atoms with E-state index in [0.29, 0.717) is 0 Å². The Hall–Kier alpha value is -1.58. The molecule has 3 heterocycles. The Balaban J connectivity index is 1.67. The molecule has 0 aromatic carbocycles. The quantitative estimate of drug-likeness (QED) is 0.653. The van der Waals surface area contributed by atoms with Gasteiger partial charge in [-0.2, -0.15) is 0 Å². The van der Waals surface area contributed by atoms with Gasteiger partial charge in [-0.3, -0.25) is 9.59 Å². The van der Waals surface area contributed by atoms with Gasteiger partial charge >= 0.3 is 5.97 Å². The average molecular weight is 383 g/mol. The van der Waals surface area contributed by atoms with Crippen LogP contribution in [0.4, 0.5) is 0 Å². The van der Waals surface area contributed by atoms with Gasteiger partial charge in [-0.05, 0) is 37.8 Å². The minimum atomic E-state index is -1.02. The van der Waals surface area contributed by atoms with Gasteiger partial charge in [0.1, 0.15) is 17.5 Å². The van der Waals surface area contributed by atoms with E-state index in [-0.39, 0.29) is 29.7 Å². The molecule has 2 aliphatic rings. The maximum absolute atomic E-state index is 12.4. The van der Waals surface area contributed by atoms with Gasteiger partial charge in [0.25, 0.3) is 0 Å². The topological polar surface area (TPSA) is 113 Å². The molecule has 25 heavy (non-hydrogen) atoms. The van der Waals surface area contributed by atoms with Crippen molar-refractivity contribution in [2.24, 2.45) is 5.73 Å². The first kappa shape index (κ1) is 18.2. The molecule has 0 spiro atoms. The molecule has 2 unspecified atom stereocenters. The largest absolute Gasteiger partial charge is 0.480 e. The summed E-state index contributed by atoms with van der Waals surface area (Å²) in [6.07, 6.45) is 0.160. The van der Waals surface area contributed by atoms with Crippen LogP contribution < -0.4 is 11.1 Å². The summed E-state index contributed by atoms with van der Waals surface area (Å²) in [4.78, 5) is 38.5. The van der Waals surface area contributed by atoms with E-state index >= 15 is 0 Å². The van der Waals surface area contributed by atoms with Crippen LogP contribution in [0.5, 0.6) is 0 Å². The number of carbonyl (C=O) groups is 3. The number of carboxylic acid groups (broad SMARTS) is 1. The van der Waals surface area contributed by atoms with Crippen LogP contribution in [0.25, 0.3) is 0 Å². The molecule has 9 heteroatoms. The molecule has 0 saturated carbocycles. The number of hydrogen-bond donors (Lipinski definition) is 3. The van der Waals surface area contributed by atoms with Crippen molar-refractivity contribution in [1.82, 2.24) is 10.2 Å². The molecule has 0 aliphatic carbocycles. The summed E-state index contributed by atoms with van der Waals surface area (Å²) in [5.74, 6) is -1.60. The molecule has 4 atom stereocenters. The highest BCUT2D eigenvalue weighted by Crippen LogP contribution is 2.50. The van der Waals surface area contributed by atoms with Gasteiger partial charge in [0.15, 0.2) is 0 Å². The SMILES string of the molecule is CC(N)c1sccc1CC(=O)NC1C(=O)N2[C@@H]1SC(C)(C)[C@@H]2C(=O)O. The number of nitrogens with two attached hydrogens (primary N) is 1. The number of amides is 2. The third-order valence-corrected chi connectivity index (χ3v) is 7.27. The van der Waals surface area contributed by atoms with E-state index in [0.717, 1.165) is 10.4 Å². The van der Waals surface area contributed by atoms with Crippen LogP contribution in [-0.4, -0.2) is 50.0 Å². The molecule has 136 valence electrons. The molecular weight excluding hydrogens is 362 g/mol. The van der Waals surface area contributed by atoms with Gasteiger partial charge in [-0.25, -0.2) is 4.79 Å². The third kappa shape index (κ3) is 3.04. The number of rotatable bonds is 5. The van der Waals surface area contributed by atoms with E-state index in [2.05, 4.69) is 5.32 Å². The van der Waals surface area contributed by atoms with Crippen molar-refractivity contribution in [3.05, 3.63) is 21.9 Å². The molecule has 3 rings (SSSR count). The van der Waals surface area contributed by atoms with Crippen molar-refractivity contribution in [1.29, 1.82) is 0 Å². The second-order valence-electron chi connectivity index (χ2n) is 6.92. The molecule has 2 fully saturated rings. The fourth-order valence-corrected chi connectivity index (χ4v) is 5.95. The van der Waals surface area contributed by atoms with E-state index in [4.69, 9.17) is 5.73 Å². The van der Waals surface area contributed by atoms with Gasteiger partial charge in [-0.15, -0.1) is 23.1 Å². The lowest BCUT2D eigenvalue weighted by atomic mass is 9.96.